The van der Waals surface area contributed by atoms with Gasteiger partial charge in [0.1, 0.15) is 5.75 Å². The Hall–Kier alpha value is -4.03. The number of ether oxygens (including phenoxy) is 1. The Bertz CT molecular complexity index is 1250. The minimum Gasteiger partial charge on any atom is -0.484 e. The molecule has 1 amide bonds. The van der Waals surface area contributed by atoms with Crippen LogP contribution in [0.1, 0.15) is 0 Å². The zero-order valence-electron chi connectivity index (χ0n) is 17.3. The number of rotatable bonds is 10. The van der Waals surface area contributed by atoms with Gasteiger partial charge in [0.2, 0.25) is 16.0 Å². The summed E-state index contributed by atoms with van der Waals surface area (Å²) in [6.07, 6.45) is 2.54. The van der Waals surface area contributed by atoms with Crippen molar-refractivity contribution in [3.63, 3.8) is 0 Å². The van der Waals surface area contributed by atoms with Crippen molar-refractivity contribution in [1.29, 1.82) is 0 Å². The van der Waals surface area contributed by atoms with Crippen LogP contribution in [0.15, 0.2) is 72.3 Å². The highest BCUT2D eigenvalue weighted by Gasteiger charge is 2.11. The average molecular weight is 473 g/mol. The third-order valence-electron chi connectivity index (χ3n) is 4.09. The molecular weight excluding hydrogens is 451 g/mol. The highest BCUT2D eigenvalue weighted by molar-refractivity contribution is 7.89. The standard InChI is InChI=1S/C21H21FN6O4S/c1-2-10-24-19(29)13-32-16-8-6-14(7-9-16)26-20-18(22)12-25-21(28-20)27-15-4-3-5-17(11-15)33(23,30)31/h2-9,11-12H,1,10,13H2,(H,24,29)(H2,23,30,31)(H2,25,26,27,28). The summed E-state index contributed by atoms with van der Waals surface area (Å²) < 4.78 is 42.6. The highest BCUT2D eigenvalue weighted by Crippen LogP contribution is 2.23. The summed E-state index contributed by atoms with van der Waals surface area (Å²) in [5.41, 5.74) is 0.871. The van der Waals surface area contributed by atoms with Crippen LogP contribution < -0.4 is 25.8 Å². The molecule has 0 bridgehead atoms. The molecule has 33 heavy (non-hydrogen) atoms. The Morgan fingerprint density at radius 1 is 1.15 bits per heavy atom. The number of aromatic nitrogens is 2. The van der Waals surface area contributed by atoms with Crippen molar-refractivity contribution in [3.8, 4) is 5.75 Å². The molecular formula is C21H21FN6O4S. The van der Waals surface area contributed by atoms with E-state index in [1.807, 2.05) is 0 Å². The first-order chi connectivity index (χ1) is 15.7. The molecule has 5 N–H and O–H groups in total. The van der Waals surface area contributed by atoms with Gasteiger partial charge in [-0.3, -0.25) is 4.79 Å². The highest BCUT2D eigenvalue weighted by atomic mass is 32.2. The number of sulfonamides is 1. The second-order valence-corrected chi connectivity index (χ2v) is 8.18. The van der Waals surface area contributed by atoms with Crippen LogP contribution in [0.4, 0.5) is 27.5 Å². The predicted molar refractivity (Wildman–Crippen MR) is 122 cm³/mol. The third-order valence-corrected chi connectivity index (χ3v) is 5.00. The summed E-state index contributed by atoms with van der Waals surface area (Å²) in [7, 11) is -3.88. The first kappa shape index (κ1) is 23.6. The molecule has 10 nitrogen and oxygen atoms in total. The largest absolute Gasteiger partial charge is 0.484 e. The molecule has 0 fully saturated rings. The van der Waals surface area contributed by atoms with Crippen molar-refractivity contribution in [2.45, 2.75) is 4.90 Å². The van der Waals surface area contributed by atoms with Crippen LogP contribution in [-0.2, 0) is 14.8 Å². The van der Waals surface area contributed by atoms with E-state index in [4.69, 9.17) is 9.88 Å². The first-order valence-corrected chi connectivity index (χ1v) is 11.1. The van der Waals surface area contributed by atoms with E-state index >= 15 is 0 Å². The number of anilines is 4. The summed E-state index contributed by atoms with van der Waals surface area (Å²) >= 11 is 0. The zero-order chi connectivity index (χ0) is 23.8. The van der Waals surface area contributed by atoms with E-state index < -0.39 is 15.8 Å². The Balaban J connectivity index is 1.66. The van der Waals surface area contributed by atoms with Crippen molar-refractivity contribution in [1.82, 2.24) is 15.3 Å². The van der Waals surface area contributed by atoms with Gasteiger partial charge in [0.15, 0.2) is 18.2 Å². The molecule has 12 heteroatoms. The molecule has 1 heterocycles. The molecule has 0 aliphatic carbocycles. The van der Waals surface area contributed by atoms with E-state index in [9.17, 15) is 17.6 Å². The number of carbonyl (C=O) groups excluding carboxylic acids is 1. The van der Waals surface area contributed by atoms with Crippen LogP contribution in [0.25, 0.3) is 0 Å². The number of halogens is 1. The zero-order valence-corrected chi connectivity index (χ0v) is 18.1. The molecule has 3 rings (SSSR count). The van der Waals surface area contributed by atoms with Gasteiger partial charge in [0.25, 0.3) is 5.91 Å². The minimum absolute atomic E-state index is 0.0379. The third kappa shape index (κ3) is 6.98. The number of nitrogens with zero attached hydrogens (tertiary/aromatic N) is 2. The lowest BCUT2D eigenvalue weighted by atomic mass is 10.3. The number of nitrogens with two attached hydrogens (primary N) is 1. The van der Waals surface area contributed by atoms with Gasteiger partial charge in [0, 0.05) is 17.9 Å². The van der Waals surface area contributed by atoms with E-state index in [0.29, 0.717) is 23.7 Å². The SMILES string of the molecule is C=CCNC(=O)COc1ccc(Nc2nc(Nc3cccc(S(N)(=O)=O)c3)ncc2F)cc1. The van der Waals surface area contributed by atoms with Crippen molar-refractivity contribution in [3.05, 3.63) is 73.2 Å². The van der Waals surface area contributed by atoms with Crippen molar-refractivity contribution >= 4 is 39.1 Å². The molecule has 172 valence electrons. The maximum Gasteiger partial charge on any atom is 0.258 e. The minimum atomic E-state index is -3.88. The maximum absolute atomic E-state index is 14.2. The molecule has 0 saturated carbocycles. The lowest BCUT2D eigenvalue weighted by Gasteiger charge is -2.11. The lowest BCUT2D eigenvalue weighted by Crippen LogP contribution is -2.28. The Morgan fingerprint density at radius 2 is 1.91 bits per heavy atom. The van der Waals surface area contributed by atoms with E-state index in [1.165, 1.54) is 18.2 Å². The lowest BCUT2D eigenvalue weighted by molar-refractivity contribution is -0.122. The molecule has 0 saturated heterocycles. The number of hydrogen-bond acceptors (Lipinski definition) is 8. The quantitative estimate of drug-likeness (QED) is 0.329. The van der Waals surface area contributed by atoms with E-state index in [-0.39, 0.29) is 29.2 Å². The summed E-state index contributed by atoms with van der Waals surface area (Å²) in [5.74, 6) is -0.592. The number of carbonyl (C=O) groups is 1. The smallest absolute Gasteiger partial charge is 0.258 e. The molecule has 1 aromatic heterocycles. The molecule has 0 aliphatic rings. The molecule has 0 atom stereocenters. The van der Waals surface area contributed by atoms with Crippen molar-refractivity contribution < 1.29 is 22.3 Å². The first-order valence-electron chi connectivity index (χ1n) is 9.54. The number of hydrogen-bond donors (Lipinski definition) is 4. The van der Waals surface area contributed by atoms with Crippen LogP contribution in [0.3, 0.4) is 0 Å². The molecule has 0 radical (unpaired) electrons. The van der Waals surface area contributed by atoms with Crippen LogP contribution in [0, 0.1) is 5.82 Å². The summed E-state index contributed by atoms with van der Waals surface area (Å²) in [5, 5.41) is 13.4. The van der Waals surface area contributed by atoms with Gasteiger partial charge >= 0.3 is 0 Å². The summed E-state index contributed by atoms with van der Waals surface area (Å²) in [4.78, 5) is 19.4. The molecule has 0 spiro atoms. The summed E-state index contributed by atoms with van der Waals surface area (Å²) in [6, 6.07) is 12.2. The monoisotopic (exact) mass is 472 g/mol. The summed E-state index contributed by atoms with van der Waals surface area (Å²) in [6.45, 7) is 3.71. The van der Waals surface area contributed by atoms with Crippen LogP contribution >= 0.6 is 0 Å². The predicted octanol–water partition coefficient (Wildman–Crippen LogP) is 2.43. The van der Waals surface area contributed by atoms with Gasteiger partial charge < -0.3 is 20.7 Å². The number of amides is 1. The normalized spacial score (nSPS) is 10.8. The van der Waals surface area contributed by atoms with Gasteiger partial charge in [-0.15, -0.1) is 6.58 Å². The number of benzene rings is 2. The fourth-order valence-electron chi connectivity index (χ4n) is 2.55. The van der Waals surface area contributed by atoms with Crippen molar-refractivity contribution in [2.75, 3.05) is 23.8 Å². The van der Waals surface area contributed by atoms with E-state index in [1.54, 1.807) is 36.4 Å². The topological polar surface area (TPSA) is 148 Å². The Kier molecular flexibility index (Phi) is 7.53. The van der Waals surface area contributed by atoms with Gasteiger partial charge in [0.05, 0.1) is 11.1 Å². The molecule has 2 aromatic carbocycles. The Morgan fingerprint density at radius 3 is 2.61 bits per heavy atom. The van der Waals surface area contributed by atoms with Gasteiger partial charge in [-0.1, -0.05) is 12.1 Å². The molecule has 3 aromatic rings. The second-order valence-electron chi connectivity index (χ2n) is 6.62. The van der Waals surface area contributed by atoms with E-state index in [0.717, 1.165) is 6.20 Å². The average Bonchev–Trinajstić information content (AvgIpc) is 2.79. The second kappa shape index (κ2) is 10.5. The van der Waals surface area contributed by atoms with Gasteiger partial charge in [-0.05, 0) is 42.5 Å². The van der Waals surface area contributed by atoms with E-state index in [2.05, 4.69) is 32.5 Å². The van der Waals surface area contributed by atoms with Gasteiger partial charge in [-0.2, -0.15) is 4.98 Å². The molecule has 0 aliphatic heterocycles. The van der Waals surface area contributed by atoms with Crippen LogP contribution in [-0.4, -0.2) is 37.4 Å². The van der Waals surface area contributed by atoms with Crippen LogP contribution in [0.2, 0.25) is 0 Å². The molecule has 0 unspecified atom stereocenters. The van der Waals surface area contributed by atoms with Gasteiger partial charge in [-0.25, -0.2) is 22.9 Å². The fourth-order valence-corrected chi connectivity index (χ4v) is 3.11. The number of nitrogens with one attached hydrogen (secondary N) is 3. The van der Waals surface area contributed by atoms with Crippen molar-refractivity contribution in [2.24, 2.45) is 5.14 Å². The van der Waals surface area contributed by atoms with Crippen LogP contribution in [0.5, 0.6) is 5.75 Å². The fraction of sp³-hybridized carbons (Fsp3) is 0.0952. The maximum atomic E-state index is 14.2. The number of primary sulfonamides is 1. The Labute approximate surface area is 189 Å².